The first-order chi connectivity index (χ1) is 16.7. The number of rotatable bonds is 6. The first-order valence-corrected chi connectivity index (χ1v) is 12.4. The first-order valence-electron chi connectivity index (χ1n) is 12.0. The molecule has 2 N–H and O–H groups in total. The molecule has 6 nitrogen and oxygen atoms in total. The maximum atomic E-state index is 13.5. The van der Waals surface area contributed by atoms with Gasteiger partial charge in [0.2, 0.25) is 0 Å². The Kier molecular flexibility index (Phi) is 6.38. The molecule has 35 heavy (non-hydrogen) atoms. The molecule has 186 valence electrons. The number of aryl methyl sites for hydroxylation is 1. The number of nitrogens with one attached hydrogen (secondary N) is 2. The third-order valence-corrected chi connectivity index (χ3v) is 6.99. The molecule has 2 saturated carbocycles. The third-order valence-electron chi connectivity index (χ3n) is 6.75. The number of amides is 1. The standard InChI is InChI=1S/C25H27ClF3N5O/c1-2-34-13-19(23(33-34)14-6-7-14)24(35)31-17-5-3-4-16(11-17)30-21-12-22(25(27,28)29)32-20-9-8-15(26)10-18(20)21/h8-10,12-14,16-17H,2-7,11H2,1H3,(H,30,32)(H,31,35)/t16-,17+/m0/s1. The number of alkyl halides is 3. The molecule has 2 fully saturated rings. The minimum Gasteiger partial charge on any atom is -0.382 e. The lowest BCUT2D eigenvalue weighted by Gasteiger charge is -2.31. The van der Waals surface area contributed by atoms with Crippen molar-refractivity contribution >= 4 is 34.1 Å². The number of pyridine rings is 1. The maximum absolute atomic E-state index is 13.5. The lowest BCUT2D eigenvalue weighted by Crippen LogP contribution is -2.42. The summed E-state index contributed by atoms with van der Waals surface area (Å²) < 4.78 is 42.2. The predicted octanol–water partition coefficient (Wildman–Crippen LogP) is 6.15. The van der Waals surface area contributed by atoms with Crippen LogP contribution in [-0.2, 0) is 12.7 Å². The quantitative estimate of drug-likeness (QED) is 0.421. The molecule has 0 unspecified atom stereocenters. The summed E-state index contributed by atoms with van der Waals surface area (Å²) >= 11 is 6.12. The predicted molar refractivity (Wildman–Crippen MR) is 129 cm³/mol. The van der Waals surface area contributed by atoms with Gasteiger partial charge in [-0.15, -0.1) is 0 Å². The molecular formula is C25H27ClF3N5O. The van der Waals surface area contributed by atoms with Crippen LogP contribution in [0.15, 0.2) is 30.5 Å². The topological polar surface area (TPSA) is 71.8 Å². The van der Waals surface area contributed by atoms with Crippen LogP contribution in [0.25, 0.3) is 10.9 Å². The molecule has 3 aromatic rings. The SMILES string of the molecule is CCn1cc(C(=O)N[C@@H]2CCC[C@H](Nc3cc(C(F)(F)F)nc4ccc(Cl)cc34)C2)c(C2CC2)n1. The Morgan fingerprint density at radius 3 is 2.66 bits per heavy atom. The zero-order valence-electron chi connectivity index (χ0n) is 19.3. The Morgan fingerprint density at radius 1 is 1.17 bits per heavy atom. The fourth-order valence-corrected chi connectivity index (χ4v) is 5.00. The van der Waals surface area contributed by atoms with Crippen molar-refractivity contribution in [2.75, 3.05) is 5.32 Å². The van der Waals surface area contributed by atoms with Crippen molar-refractivity contribution in [3.63, 3.8) is 0 Å². The minimum atomic E-state index is -4.56. The second kappa shape index (κ2) is 9.33. The van der Waals surface area contributed by atoms with E-state index >= 15 is 0 Å². The molecule has 0 spiro atoms. The Labute approximate surface area is 206 Å². The molecule has 0 bridgehead atoms. The Balaban J connectivity index is 1.33. The summed E-state index contributed by atoms with van der Waals surface area (Å²) in [5.41, 5.74) is 1.13. The van der Waals surface area contributed by atoms with Gasteiger partial charge in [0.05, 0.1) is 16.8 Å². The van der Waals surface area contributed by atoms with E-state index in [9.17, 15) is 18.0 Å². The van der Waals surface area contributed by atoms with Crippen LogP contribution >= 0.6 is 11.6 Å². The number of nitrogens with zero attached hydrogens (tertiary/aromatic N) is 3. The molecule has 0 saturated heterocycles. The summed E-state index contributed by atoms with van der Waals surface area (Å²) in [6.07, 6.45) is 2.43. The van der Waals surface area contributed by atoms with Gasteiger partial charge in [0, 0.05) is 46.8 Å². The van der Waals surface area contributed by atoms with Gasteiger partial charge in [-0.05, 0) is 69.7 Å². The number of fused-ring (bicyclic) bond motifs is 1. The van der Waals surface area contributed by atoms with Gasteiger partial charge in [-0.2, -0.15) is 18.3 Å². The van der Waals surface area contributed by atoms with Crippen LogP contribution in [0.5, 0.6) is 0 Å². The maximum Gasteiger partial charge on any atom is 0.433 e. The van der Waals surface area contributed by atoms with Crippen LogP contribution in [0.3, 0.4) is 0 Å². The summed E-state index contributed by atoms with van der Waals surface area (Å²) in [6, 6.07) is 5.52. The second-order valence-corrected chi connectivity index (χ2v) is 9.89. The van der Waals surface area contributed by atoms with Crippen molar-refractivity contribution in [2.45, 2.75) is 76.2 Å². The fraction of sp³-hybridized carbons (Fsp3) is 0.480. The van der Waals surface area contributed by atoms with Crippen LogP contribution in [0.4, 0.5) is 18.9 Å². The Morgan fingerprint density at radius 2 is 1.94 bits per heavy atom. The van der Waals surface area contributed by atoms with Gasteiger partial charge in [-0.3, -0.25) is 9.48 Å². The number of carbonyl (C=O) groups is 1. The second-order valence-electron chi connectivity index (χ2n) is 9.45. The van der Waals surface area contributed by atoms with Crippen LogP contribution in [0.2, 0.25) is 5.02 Å². The van der Waals surface area contributed by atoms with Crippen LogP contribution in [0, 0.1) is 0 Å². The molecule has 0 aliphatic heterocycles. The molecule has 0 radical (unpaired) electrons. The molecule has 2 aliphatic carbocycles. The average molecular weight is 506 g/mol. The number of anilines is 1. The minimum absolute atomic E-state index is 0.0791. The summed E-state index contributed by atoms with van der Waals surface area (Å²) in [5, 5.41) is 12.0. The fourth-order valence-electron chi connectivity index (χ4n) is 4.83. The van der Waals surface area contributed by atoms with E-state index in [1.165, 1.54) is 12.1 Å². The highest BCUT2D eigenvalue weighted by Gasteiger charge is 2.35. The average Bonchev–Trinajstić information content (AvgIpc) is 3.57. The van der Waals surface area contributed by atoms with E-state index in [4.69, 9.17) is 11.6 Å². The number of carbonyl (C=O) groups excluding carboxylic acids is 1. The molecular weight excluding hydrogens is 479 g/mol. The van der Waals surface area contributed by atoms with E-state index in [0.717, 1.165) is 43.9 Å². The summed E-state index contributed by atoms with van der Waals surface area (Å²) in [6.45, 7) is 2.69. The number of aromatic nitrogens is 3. The van der Waals surface area contributed by atoms with Gasteiger partial charge in [0.1, 0.15) is 5.69 Å². The van der Waals surface area contributed by atoms with E-state index < -0.39 is 11.9 Å². The van der Waals surface area contributed by atoms with Crippen LogP contribution < -0.4 is 10.6 Å². The number of hydrogen-bond donors (Lipinski definition) is 2. The number of benzene rings is 1. The lowest BCUT2D eigenvalue weighted by molar-refractivity contribution is -0.140. The highest BCUT2D eigenvalue weighted by Crippen LogP contribution is 2.41. The van der Waals surface area contributed by atoms with E-state index in [0.29, 0.717) is 40.5 Å². The molecule has 2 aromatic heterocycles. The van der Waals surface area contributed by atoms with Gasteiger partial charge in [0.15, 0.2) is 0 Å². The van der Waals surface area contributed by atoms with Gasteiger partial charge in [0.25, 0.3) is 5.91 Å². The Hall–Kier alpha value is -2.81. The largest absolute Gasteiger partial charge is 0.433 e. The van der Waals surface area contributed by atoms with Crippen LogP contribution in [-0.4, -0.2) is 32.8 Å². The van der Waals surface area contributed by atoms with Crippen molar-refractivity contribution in [2.24, 2.45) is 0 Å². The third kappa shape index (κ3) is 5.24. The molecule has 2 atom stereocenters. The molecule has 10 heteroatoms. The van der Waals surface area contributed by atoms with Crippen molar-refractivity contribution in [3.8, 4) is 0 Å². The molecule has 2 heterocycles. The Bertz CT molecular complexity index is 1250. The number of hydrogen-bond acceptors (Lipinski definition) is 4. The van der Waals surface area contributed by atoms with Crippen LogP contribution in [0.1, 0.15) is 73.1 Å². The smallest absolute Gasteiger partial charge is 0.382 e. The summed E-state index contributed by atoms with van der Waals surface area (Å²) in [5.74, 6) is 0.233. The summed E-state index contributed by atoms with van der Waals surface area (Å²) in [7, 11) is 0. The molecule has 5 rings (SSSR count). The monoisotopic (exact) mass is 505 g/mol. The molecule has 1 amide bonds. The van der Waals surface area contributed by atoms with E-state index in [1.54, 1.807) is 10.7 Å². The van der Waals surface area contributed by atoms with E-state index in [1.807, 2.05) is 13.1 Å². The van der Waals surface area contributed by atoms with Gasteiger partial charge in [-0.25, -0.2) is 4.98 Å². The molecule has 2 aliphatic rings. The lowest BCUT2D eigenvalue weighted by atomic mass is 9.90. The normalized spacial score (nSPS) is 20.7. The van der Waals surface area contributed by atoms with Crippen molar-refractivity contribution in [3.05, 3.63) is 52.4 Å². The van der Waals surface area contributed by atoms with Crippen molar-refractivity contribution < 1.29 is 18.0 Å². The van der Waals surface area contributed by atoms with Crippen molar-refractivity contribution in [1.82, 2.24) is 20.1 Å². The number of halogens is 4. The summed E-state index contributed by atoms with van der Waals surface area (Å²) in [4.78, 5) is 16.9. The van der Waals surface area contributed by atoms with Gasteiger partial charge in [-0.1, -0.05) is 11.6 Å². The van der Waals surface area contributed by atoms with Gasteiger partial charge < -0.3 is 10.6 Å². The van der Waals surface area contributed by atoms with Crippen molar-refractivity contribution in [1.29, 1.82) is 0 Å². The zero-order valence-corrected chi connectivity index (χ0v) is 20.1. The first kappa shape index (κ1) is 23.9. The molecule has 1 aromatic carbocycles. The van der Waals surface area contributed by atoms with E-state index in [2.05, 4.69) is 20.7 Å². The van der Waals surface area contributed by atoms with E-state index in [-0.39, 0.29) is 23.5 Å². The highest BCUT2D eigenvalue weighted by molar-refractivity contribution is 6.31. The van der Waals surface area contributed by atoms with Gasteiger partial charge >= 0.3 is 6.18 Å². The zero-order chi connectivity index (χ0) is 24.7. The highest BCUT2D eigenvalue weighted by atomic mass is 35.5.